The van der Waals surface area contributed by atoms with E-state index in [0.29, 0.717) is 0 Å². The number of amides is 1. The maximum atomic E-state index is 12.8. The average molecular weight is 444 g/mol. The van der Waals surface area contributed by atoms with Gasteiger partial charge in [0, 0.05) is 56.4 Å². The number of rotatable bonds is 5. The summed E-state index contributed by atoms with van der Waals surface area (Å²) in [4.78, 5) is 25.7. The minimum atomic E-state index is -3.79. The average Bonchev–Trinajstić information content (AvgIpc) is 2.69. The Morgan fingerprint density at radius 1 is 1.04 bits per heavy atom. The maximum Gasteiger partial charge on any atom is 0.250 e. The van der Waals surface area contributed by atoms with Gasteiger partial charge in [-0.15, -0.1) is 0 Å². The van der Waals surface area contributed by atoms with Crippen molar-refractivity contribution in [2.45, 2.75) is 17.9 Å². The minimum absolute atomic E-state index is 0.0371. The Labute approximate surface area is 173 Å². The van der Waals surface area contributed by atoms with Gasteiger partial charge in [-0.3, -0.25) is 9.59 Å². The molecule has 0 spiro atoms. The van der Waals surface area contributed by atoms with E-state index in [4.69, 9.17) is 23.2 Å². The number of aryl methyl sites for hydroxylation is 1. The zero-order chi connectivity index (χ0) is 20.3. The van der Waals surface area contributed by atoms with E-state index < -0.39 is 10.0 Å². The Hall–Kier alpha value is -1.87. The highest BCUT2D eigenvalue weighted by Gasteiger charge is 2.31. The second kappa shape index (κ2) is 8.65. The molecule has 1 aliphatic heterocycles. The van der Waals surface area contributed by atoms with Crippen LogP contribution in [0.15, 0.2) is 52.3 Å². The molecule has 1 aliphatic rings. The van der Waals surface area contributed by atoms with Crippen molar-refractivity contribution >= 4 is 39.1 Å². The van der Waals surface area contributed by atoms with E-state index in [1.54, 1.807) is 23.2 Å². The second-order valence-electron chi connectivity index (χ2n) is 6.34. The smallest absolute Gasteiger partial charge is 0.250 e. The number of aromatic nitrogens is 1. The molecule has 0 radical (unpaired) electrons. The third-order valence-electron chi connectivity index (χ3n) is 4.57. The number of benzene rings is 1. The Kier molecular flexibility index (Phi) is 6.44. The van der Waals surface area contributed by atoms with Gasteiger partial charge in [0.1, 0.15) is 4.90 Å². The Bertz CT molecular complexity index is 1030. The van der Waals surface area contributed by atoms with Crippen LogP contribution in [0.2, 0.25) is 10.0 Å². The van der Waals surface area contributed by atoms with Gasteiger partial charge < -0.3 is 9.47 Å². The Morgan fingerprint density at radius 3 is 2.43 bits per heavy atom. The van der Waals surface area contributed by atoms with Crippen molar-refractivity contribution < 1.29 is 13.2 Å². The largest absolute Gasteiger partial charge is 0.340 e. The monoisotopic (exact) mass is 443 g/mol. The van der Waals surface area contributed by atoms with E-state index in [1.165, 1.54) is 33.1 Å². The van der Waals surface area contributed by atoms with Crippen LogP contribution in [-0.2, 0) is 21.4 Å². The summed E-state index contributed by atoms with van der Waals surface area (Å²) in [6.07, 6.45) is 1.81. The molecule has 7 nitrogen and oxygen atoms in total. The number of piperazine rings is 1. The van der Waals surface area contributed by atoms with Crippen LogP contribution in [0.1, 0.15) is 6.42 Å². The van der Waals surface area contributed by atoms with E-state index in [-0.39, 0.29) is 65.6 Å². The lowest BCUT2D eigenvalue weighted by Gasteiger charge is -2.34. The van der Waals surface area contributed by atoms with Crippen molar-refractivity contribution in [2.24, 2.45) is 0 Å². The number of carbonyl (C=O) groups excluding carboxylic acids is 1. The fraction of sp³-hybridized carbons (Fsp3) is 0.333. The first-order valence-corrected chi connectivity index (χ1v) is 10.9. The molecule has 0 bridgehead atoms. The fourth-order valence-corrected chi connectivity index (χ4v) is 5.17. The molecule has 1 aromatic carbocycles. The summed E-state index contributed by atoms with van der Waals surface area (Å²) in [6.45, 7) is 1.18. The van der Waals surface area contributed by atoms with Crippen LogP contribution in [0.3, 0.4) is 0 Å². The summed E-state index contributed by atoms with van der Waals surface area (Å²) in [6, 6.07) is 9.12. The van der Waals surface area contributed by atoms with Gasteiger partial charge in [-0.2, -0.15) is 4.31 Å². The standard InChI is InChI=1S/C18H19Cl2N3O4S/c19-14-4-5-15(20)16(13-14)28(26,27)23-11-9-22(10-12-23)18(25)6-8-21-7-2-1-3-17(21)24/h1-5,7,13H,6,8-12H2. The topological polar surface area (TPSA) is 79.7 Å². The summed E-state index contributed by atoms with van der Waals surface area (Å²) in [5.41, 5.74) is -0.162. The van der Waals surface area contributed by atoms with Crippen molar-refractivity contribution in [3.63, 3.8) is 0 Å². The lowest BCUT2D eigenvalue weighted by atomic mass is 10.3. The molecule has 10 heteroatoms. The van der Waals surface area contributed by atoms with Gasteiger partial charge in [-0.1, -0.05) is 29.3 Å². The molecule has 28 heavy (non-hydrogen) atoms. The molecule has 1 saturated heterocycles. The number of pyridine rings is 1. The first-order valence-electron chi connectivity index (χ1n) is 8.67. The predicted octanol–water partition coefficient (Wildman–Crippen LogP) is 2.08. The number of sulfonamides is 1. The fourth-order valence-electron chi connectivity index (χ4n) is 3.01. The normalized spacial score (nSPS) is 15.6. The zero-order valence-electron chi connectivity index (χ0n) is 14.9. The molecule has 0 saturated carbocycles. The molecule has 1 fully saturated rings. The predicted molar refractivity (Wildman–Crippen MR) is 107 cm³/mol. The first kappa shape index (κ1) is 20.9. The van der Waals surface area contributed by atoms with E-state index in [2.05, 4.69) is 0 Å². The van der Waals surface area contributed by atoms with Crippen LogP contribution in [0, 0.1) is 0 Å². The zero-order valence-corrected chi connectivity index (χ0v) is 17.3. The third-order valence-corrected chi connectivity index (χ3v) is 7.18. The van der Waals surface area contributed by atoms with E-state index in [1.807, 2.05) is 0 Å². The van der Waals surface area contributed by atoms with Crippen LogP contribution < -0.4 is 5.56 Å². The molecular weight excluding hydrogens is 425 g/mol. The molecule has 1 amide bonds. The van der Waals surface area contributed by atoms with Crippen LogP contribution in [0.5, 0.6) is 0 Å². The van der Waals surface area contributed by atoms with Crippen LogP contribution in [0.4, 0.5) is 0 Å². The SMILES string of the molecule is O=C(CCn1ccccc1=O)N1CCN(S(=O)(=O)c2cc(Cl)ccc2Cl)CC1. The summed E-state index contributed by atoms with van der Waals surface area (Å²) in [5.74, 6) is -0.117. The van der Waals surface area contributed by atoms with Gasteiger partial charge in [0.15, 0.2) is 0 Å². The summed E-state index contributed by atoms with van der Waals surface area (Å²) >= 11 is 11.9. The molecule has 2 heterocycles. The number of carbonyl (C=O) groups is 1. The van der Waals surface area contributed by atoms with E-state index in [0.717, 1.165) is 0 Å². The van der Waals surface area contributed by atoms with Crippen molar-refractivity contribution in [3.8, 4) is 0 Å². The van der Waals surface area contributed by atoms with E-state index >= 15 is 0 Å². The van der Waals surface area contributed by atoms with Gasteiger partial charge in [0.05, 0.1) is 5.02 Å². The molecule has 0 aliphatic carbocycles. The molecule has 2 aromatic rings. The summed E-state index contributed by atoms with van der Waals surface area (Å²) in [7, 11) is -3.79. The van der Waals surface area contributed by atoms with Crippen molar-refractivity contribution in [1.29, 1.82) is 0 Å². The van der Waals surface area contributed by atoms with Gasteiger partial charge in [-0.05, 0) is 24.3 Å². The Morgan fingerprint density at radius 2 is 1.75 bits per heavy atom. The van der Waals surface area contributed by atoms with Crippen LogP contribution in [0.25, 0.3) is 0 Å². The molecule has 150 valence electrons. The minimum Gasteiger partial charge on any atom is -0.340 e. The van der Waals surface area contributed by atoms with Crippen molar-refractivity contribution in [1.82, 2.24) is 13.8 Å². The summed E-state index contributed by atoms with van der Waals surface area (Å²) < 4.78 is 28.4. The molecule has 0 unspecified atom stereocenters. The maximum absolute atomic E-state index is 12.8. The van der Waals surface area contributed by atoms with Crippen molar-refractivity contribution in [2.75, 3.05) is 26.2 Å². The highest BCUT2D eigenvalue weighted by atomic mass is 35.5. The lowest BCUT2D eigenvalue weighted by Crippen LogP contribution is -2.50. The quantitative estimate of drug-likeness (QED) is 0.708. The second-order valence-corrected chi connectivity index (χ2v) is 9.09. The van der Waals surface area contributed by atoms with Gasteiger partial charge in [0.2, 0.25) is 15.9 Å². The van der Waals surface area contributed by atoms with Crippen LogP contribution in [-0.4, -0.2) is 54.3 Å². The lowest BCUT2D eigenvalue weighted by molar-refractivity contribution is -0.132. The Balaban J connectivity index is 1.61. The van der Waals surface area contributed by atoms with Gasteiger partial charge in [0.25, 0.3) is 5.56 Å². The molecule has 0 atom stereocenters. The van der Waals surface area contributed by atoms with E-state index in [9.17, 15) is 18.0 Å². The van der Waals surface area contributed by atoms with Crippen molar-refractivity contribution in [3.05, 3.63) is 63.0 Å². The van der Waals surface area contributed by atoms with Crippen LogP contribution >= 0.6 is 23.2 Å². The first-order chi connectivity index (χ1) is 13.3. The van der Waals surface area contributed by atoms with Gasteiger partial charge in [-0.25, -0.2) is 8.42 Å². The number of halogens is 2. The number of hydrogen-bond acceptors (Lipinski definition) is 4. The third kappa shape index (κ3) is 4.57. The molecular formula is C18H19Cl2N3O4S. The number of hydrogen-bond donors (Lipinski definition) is 0. The molecule has 3 rings (SSSR count). The number of nitrogens with zero attached hydrogens (tertiary/aromatic N) is 3. The highest BCUT2D eigenvalue weighted by molar-refractivity contribution is 7.89. The molecule has 1 aromatic heterocycles. The summed E-state index contributed by atoms with van der Waals surface area (Å²) in [5, 5.41) is 0.393. The molecule has 0 N–H and O–H groups in total. The van der Waals surface area contributed by atoms with Gasteiger partial charge >= 0.3 is 0 Å². The highest BCUT2D eigenvalue weighted by Crippen LogP contribution is 2.28.